The molecule has 166 valence electrons. The number of halogens is 1. The van der Waals surface area contributed by atoms with E-state index in [1.807, 2.05) is 52.0 Å². The molecule has 0 radical (unpaired) electrons. The van der Waals surface area contributed by atoms with Crippen molar-refractivity contribution in [2.45, 2.75) is 40.3 Å². The zero-order valence-corrected chi connectivity index (χ0v) is 21.2. The number of hydrogen-bond donors (Lipinski definition) is 3. The normalized spacial score (nSPS) is 12.6. The number of nitrogens with two attached hydrogens (primary N) is 2. The van der Waals surface area contributed by atoms with Crippen LogP contribution in [0, 0.1) is 12.8 Å². The van der Waals surface area contributed by atoms with Crippen LogP contribution >= 0.6 is 28.4 Å². The number of carbonyl (C=O) groups excluding carboxylic acids is 2. The minimum absolute atomic E-state index is 0.146. The van der Waals surface area contributed by atoms with Crippen LogP contribution in [0.25, 0.3) is 0 Å². The number of pyridine rings is 1. The van der Waals surface area contributed by atoms with E-state index in [0.717, 1.165) is 11.1 Å². The summed E-state index contributed by atoms with van der Waals surface area (Å²) < 4.78 is 4.15. The highest BCUT2D eigenvalue weighted by atomic mass is 127. The second-order valence-corrected chi connectivity index (χ2v) is 9.40. The molecule has 0 spiro atoms. The van der Waals surface area contributed by atoms with Gasteiger partial charge in [0.05, 0.1) is 29.5 Å². The van der Waals surface area contributed by atoms with Gasteiger partial charge in [-0.15, -0.1) is 0 Å². The summed E-state index contributed by atoms with van der Waals surface area (Å²) in [6.07, 6.45) is 3.16. The predicted molar refractivity (Wildman–Crippen MR) is 138 cm³/mol. The lowest BCUT2D eigenvalue weighted by atomic mass is 10.0. The van der Waals surface area contributed by atoms with Gasteiger partial charge < -0.3 is 21.7 Å². The van der Waals surface area contributed by atoms with Gasteiger partial charge in [0.1, 0.15) is 5.82 Å². The van der Waals surface area contributed by atoms with Crippen LogP contribution in [-0.2, 0) is 16.1 Å². The molecule has 2 rings (SSSR count). The molecule has 0 fully saturated rings. The number of aryl methyl sites for hydroxylation is 1. The van der Waals surface area contributed by atoms with Crippen LogP contribution in [0.1, 0.15) is 37.5 Å². The van der Waals surface area contributed by atoms with E-state index in [0.29, 0.717) is 18.5 Å². The quantitative estimate of drug-likeness (QED) is 0.207. The summed E-state index contributed by atoms with van der Waals surface area (Å²) in [4.78, 5) is 31.7. The third kappa shape index (κ3) is 6.36. The van der Waals surface area contributed by atoms with Crippen molar-refractivity contribution in [2.24, 2.45) is 10.7 Å². The fourth-order valence-corrected chi connectivity index (χ4v) is 3.51. The van der Waals surface area contributed by atoms with E-state index in [1.54, 1.807) is 4.90 Å². The molecule has 0 saturated carbocycles. The van der Waals surface area contributed by atoms with E-state index in [4.69, 9.17) is 11.5 Å². The van der Waals surface area contributed by atoms with Crippen molar-refractivity contribution in [3.05, 3.63) is 47.2 Å². The highest BCUT2D eigenvalue weighted by molar-refractivity contribution is 14.2. The monoisotopic (exact) mass is 554 g/mol. The first-order valence-electron chi connectivity index (χ1n) is 9.76. The Morgan fingerprint density at radius 2 is 1.97 bits per heavy atom. The van der Waals surface area contributed by atoms with E-state index in [9.17, 15) is 9.59 Å². The molecule has 10 heteroatoms. The Kier molecular flexibility index (Phi) is 9.18. The lowest BCUT2D eigenvalue weighted by Gasteiger charge is -2.32. The standard InChI is InChI=1S/C21H28IN6O2P/c1-12(2)14(4)28(11-15-8-6-5-7-13(15)3)21(30)20(29)27-17-10-25-19(24)16(18(17)23)9-26-31-22/h5-10,12,14,31H,11H2,1-4H3,(H,27,29)(H4,23,24,25)/b26-9+. The molecule has 2 atom stereocenters. The summed E-state index contributed by atoms with van der Waals surface area (Å²) >= 11 is 2.11. The molecule has 5 N–H and O–H groups in total. The number of nitrogens with zero attached hydrogens (tertiary/aromatic N) is 3. The molecule has 8 nitrogen and oxygen atoms in total. The largest absolute Gasteiger partial charge is 0.396 e. The van der Waals surface area contributed by atoms with E-state index in [-0.39, 0.29) is 29.2 Å². The Labute approximate surface area is 197 Å². The molecule has 31 heavy (non-hydrogen) atoms. The smallest absolute Gasteiger partial charge is 0.314 e. The lowest BCUT2D eigenvalue weighted by Crippen LogP contribution is -2.46. The number of anilines is 3. The molecule has 2 unspecified atom stereocenters. The van der Waals surface area contributed by atoms with E-state index >= 15 is 0 Å². The first kappa shape index (κ1) is 25.0. The molecular weight excluding hydrogens is 526 g/mol. The third-order valence-electron chi connectivity index (χ3n) is 5.19. The van der Waals surface area contributed by atoms with E-state index < -0.39 is 11.8 Å². The number of rotatable bonds is 7. The molecular formula is C21H28IN6O2P. The van der Waals surface area contributed by atoms with Crippen molar-refractivity contribution in [1.29, 1.82) is 0 Å². The van der Waals surface area contributed by atoms with Gasteiger partial charge in [-0.25, -0.2) is 4.98 Å². The highest BCUT2D eigenvalue weighted by Crippen LogP contribution is 2.27. The molecule has 0 aliphatic heterocycles. The van der Waals surface area contributed by atoms with Crippen LogP contribution in [0.3, 0.4) is 0 Å². The van der Waals surface area contributed by atoms with Crippen molar-refractivity contribution in [3.8, 4) is 0 Å². The second kappa shape index (κ2) is 11.4. The van der Waals surface area contributed by atoms with Crippen LogP contribution in [0.5, 0.6) is 0 Å². The van der Waals surface area contributed by atoms with Crippen molar-refractivity contribution >= 4 is 63.6 Å². The van der Waals surface area contributed by atoms with Gasteiger partial charge in [-0.2, -0.15) is 0 Å². The highest BCUT2D eigenvalue weighted by Gasteiger charge is 2.29. The molecule has 2 aromatic rings. The van der Waals surface area contributed by atoms with Crippen LogP contribution in [0.15, 0.2) is 35.2 Å². The summed E-state index contributed by atoms with van der Waals surface area (Å²) in [5.41, 5.74) is 14.9. The van der Waals surface area contributed by atoms with Gasteiger partial charge in [0.2, 0.25) is 0 Å². The van der Waals surface area contributed by atoms with Gasteiger partial charge in [-0.1, -0.05) is 38.1 Å². The third-order valence-corrected chi connectivity index (χ3v) is 6.26. The van der Waals surface area contributed by atoms with Crippen molar-refractivity contribution < 1.29 is 9.59 Å². The molecule has 0 aliphatic rings. The average molecular weight is 554 g/mol. The molecule has 1 aromatic heterocycles. The Morgan fingerprint density at radius 1 is 1.29 bits per heavy atom. The molecule has 0 saturated heterocycles. The van der Waals surface area contributed by atoms with E-state index in [1.165, 1.54) is 12.4 Å². The summed E-state index contributed by atoms with van der Waals surface area (Å²) in [6.45, 7) is 8.29. The van der Waals surface area contributed by atoms with Crippen LogP contribution in [-0.4, -0.2) is 34.0 Å². The van der Waals surface area contributed by atoms with Gasteiger partial charge in [-0.3, -0.25) is 14.4 Å². The van der Waals surface area contributed by atoms with Crippen LogP contribution in [0.2, 0.25) is 0 Å². The van der Waals surface area contributed by atoms with Gasteiger partial charge in [0.25, 0.3) is 0 Å². The number of amides is 2. The first-order valence-corrected chi connectivity index (χ1v) is 13.8. The fraction of sp³-hybridized carbons (Fsp3) is 0.333. The number of nitrogen functional groups attached to an aromatic ring is 2. The van der Waals surface area contributed by atoms with Crippen molar-refractivity contribution in [3.63, 3.8) is 0 Å². The molecule has 2 amide bonds. The van der Waals surface area contributed by atoms with Crippen LogP contribution in [0.4, 0.5) is 17.2 Å². The topological polar surface area (TPSA) is 127 Å². The summed E-state index contributed by atoms with van der Waals surface area (Å²) in [5, 5.41) is 2.59. The predicted octanol–water partition coefficient (Wildman–Crippen LogP) is 3.93. The molecule has 0 aliphatic carbocycles. The van der Waals surface area contributed by atoms with Gasteiger partial charge in [0, 0.05) is 18.8 Å². The van der Waals surface area contributed by atoms with Crippen molar-refractivity contribution in [1.82, 2.24) is 9.88 Å². The minimum Gasteiger partial charge on any atom is -0.396 e. The maximum Gasteiger partial charge on any atom is 0.314 e. The van der Waals surface area contributed by atoms with Crippen molar-refractivity contribution in [2.75, 3.05) is 16.8 Å². The lowest BCUT2D eigenvalue weighted by molar-refractivity contribution is -0.145. The number of nitrogens with one attached hydrogen (secondary N) is 1. The van der Waals surface area contributed by atoms with E-state index in [2.05, 4.69) is 37.1 Å². The Morgan fingerprint density at radius 3 is 2.58 bits per heavy atom. The SMILES string of the molecule is Cc1ccccc1CN(C(=O)C(=O)Nc1cnc(N)c(/C=N/PI)c1N)C(C)C(C)C. The molecule has 1 aromatic carbocycles. The Hall–Kier alpha value is -2.26. The fourth-order valence-electron chi connectivity index (χ4n) is 2.92. The average Bonchev–Trinajstić information content (AvgIpc) is 2.74. The van der Waals surface area contributed by atoms with Gasteiger partial charge in [0.15, 0.2) is 0 Å². The zero-order chi connectivity index (χ0) is 23.1. The Bertz CT molecular complexity index is 982. The van der Waals surface area contributed by atoms with Gasteiger partial charge in [-0.05, 0) is 52.9 Å². The summed E-state index contributed by atoms with van der Waals surface area (Å²) in [6, 6.07) is 7.66. The van der Waals surface area contributed by atoms with Crippen LogP contribution < -0.4 is 16.8 Å². The number of carbonyl (C=O) groups is 2. The van der Waals surface area contributed by atoms with Gasteiger partial charge >= 0.3 is 11.8 Å². The maximum atomic E-state index is 13.1. The number of aromatic nitrogens is 1. The summed E-state index contributed by atoms with van der Waals surface area (Å²) in [5.74, 6) is -1.04. The second-order valence-electron chi connectivity index (χ2n) is 7.53. The first-order chi connectivity index (χ1) is 14.7. The molecule has 1 heterocycles. The number of benzene rings is 1. The maximum absolute atomic E-state index is 13.1. The Balaban J connectivity index is 2.30. The summed E-state index contributed by atoms with van der Waals surface area (Å²) in [7, 11) is 0. The molecule has 0 bridgehead atoms. The zero-order valence-electron chi connectivity index (χ0n) is 18.0. The minimum atomic E-state index is -0.780. The number of hydrogen-bond acceptors (Lipinski definition) is 6.